The summed E-state index contributed by atoms with van der Waals surface area (Å²) in [6.45, 7) is 6.09. The van der Waals surface area contributed by atoms with Crippen LogP contribution in [0.1, 0.15) is 32.5 Å². The van der Waals surface area contributed by atoms with Crippen molar-refractivity contribution in [2.45, 2.75) is 36.3 Å². The van der Waals surface area contributed by atoms with Crippen molar-refractivity contribution in [3.05, 3.63) is 41.8 Å². The number of rotatable bonds is 5. The summed E-state index contributed by atoms with van der Waals surface area (Å²) < 4.78 is 19.2. The zero-order valence-corrected chi connectivity index (χ0v) is 15.0. The smallest absolute Gasteiger partial charge is 0.237 e. The minimum atomic E-state index is -0.301. The molecule has 0 saturated carbocycles. The van der Waals surface area contributed by atoms with Crippen LogP contribution in [-0.4, -0.2) is 20.3 Å². The van der Waals surface area contributed by atoms with Crippen LogP contribution in [0.2, 0.25) is 0 Å². The summed E-state index contributed by atoms with van der Waals surface area (Å²) in [6.07, 6.45) is 0. The lowest BCUT2D eigenvalue weighted by Crippen LogP contribution is -2.13. The normalized spacial score (nSPS) is 11.7. The van der Waals surface area contributed by atoms with Gasteiger partial charge in [-0.1, -0.05) is 55.1 Å². The van der Waals surface area contributed by atoms with Crippen molar-refractivity contribution in [3.63, 3.8) is 0 Å². The molecule has 24 heavy (non-hydrogen) atoms. The van der Waals surface area contributed by atoms with Crippen molar-refractivity contribution < 1.29 is 8.91 Å². The first kappa shape index (κ1) is 16.8. The van der Waals surface area contributed by atoms with Gasteiger partial charge in [0.25, 0.3) is 0 Å². The molecule has 3 rings (SSSR count). The SMILES string of the molecule is CC(C)(C)c1noc(CSc2nnc(Nc3cccc(F)c3)s2)n1. The molecule has 0 fully saturated rings. The summed E-state index contributed by atoms with van der Waals surface area (Å²) in [5.41, 5.74) is 0.492. The molecule has 9 heteroatoms. The topological polar surface area (TPSA) is 76.7 Å². The molecule has 3 aromatic rings. The van der Waals surface area contributed by atoms with Gasteiger partial charge in [-0.15, -0.1) is 10.2 Å². The molecule has 0 aliphatic rings. The highest BCUT2D eigenvalue weighted by molar-refractivity contribution is 8.00. The molecule has 126 valence electrons. The third-order valence-corrected chi connectivity index (χ3v) is 4.90. The molecule has 0 spiro atoms. The van der Waals surface area contributed by atoms with Gasteiger partial charge in [0, 0.05) is 11.1 Å². The number of hydrogen-bond donors (Lipinski definition) is 1. The Morgan fingerprint density at radius 2 is 2.12 bits per heavy atom. The molecule has 6 nitrogen and oxygen atoms in total. The number of anilines is 2. The fraction of sp³-hybridized carbons (Fsp3) is 0.333. The third-order valence-electron chi connectivity index (χ3n) is 2.94. The van der Waals surface area contributed by atoms with E-state index < -0.39 is 0 Å². The van der Waals surface area contributed by atoms with E-state index in [1.54, 1.807) is 12.1 Å². The van der Waals surface area contributed by atoms with Crippen molar-refractivity contribution in [1.82, 2.24) is 20.3 Å². The first-order valence-corrected chi connectivity index (χ1v) is 9.02. The number of nitrogens with zero attached hydrogens (tertiary/aromatic N) is 4. The largest absolute Gasteiger partial charge is 0.338 e. The van der Waals surface area contributed by atoms with E-state index in [2.05, 4.69) is 25.7 Å². The number of halogens is 1. The van der Waals surface area contributed by atoms with Gasteiger partial charge in [0.2, 0.25) is 11.0 Å². The van der Waals surface area contributed by atoms with Crippen LogP contribution in [0.3, 0.4) is 0 Å². The lowest BCUT2D eigenvalue weighted by Gasteiger charge is -2.10. The summed E-state index contributed by atoms with van der Waals surface area (Å²) >= 11 is 2.85. The molecule has 0 saturated heterocycles. The highest BCUT2D eigenvalue weighted by Crippen LogP contribution is 2.30. The van der Waals surface area contributed by atoms with Gasteiger partial charge in [-0.2, -0.15) is 4.98 Å². The average molecular weight is 365 g/mol. The molecule has 0 aliphatic heterocycles. The Labute approximate surface area is 146 Å². The van der Waals surface area contributed by atoms with E-state index >= 15 is 0 Å². The molecular formula is C15H16FN5OS2. The second kappa shape index (κ2) is 6.86. The van der Waals surface area contributed by atoms with Gasteiger partial charge >= 0.3 is 0 Å². The fourth-order valence-corrected chi connectivity index (χ4v) is 3.36. The van der Waals surface area contributed by atoms with Gasteiger partial charge < -0.3 is 9.84 Å². The zero-order valence-electron chi connectivity index (χ0n) is 13.4. The Kier molecular flexibility index (Phi) is 4.81. The fourth-order valence-electron chi connectivity index (χ4n) is 1.75. The number of thioether (sulfide) groups is 1. The summed E-state index contributed by atoms with van der Waals surface area (Å²) in [5, 5.41) is 15.8. The Morgan fingerprint density at radius 3 is 2.83 bits per heavy atom. The van der Waals surface area contributed by atoms with Gasteiger partial charge in [0.1, 0.15) is 5.82 Å². The summed E-state index contributed by atoms with van der Waals surface area (Å²) in [4.78, 5) is 4.38. The van der Waals surface area contributed by atoms with Crippen LogP contribution in [0.4, 0.5) is 15.2 Å². The van der Waals surface area contributed by atoms with Crippen LogP contribution >= 0.6 is 23.1 Å². The van der Waals surface area contributed by atoms with Gasteiger partial charge in [-0.25, -0.2) is 4.39 Å². The molecule has 2 aromatic heterocycles. The molecule has 0 amide bonds. The standard InChI is InChI=1S/C15H16FN5OS2/c1-15(2,3)12-18-11(22-21-12)8-23-14-20-19-13(24-14)17-10-6-4-5-9(16)7-10/h4-7H,8H2,1-3H3,(H,17,19). The van der Waals surface area contributed by atoms with Crippen molar-refractivity contribution in [3.8, 4) is 0 Å². The Bertz CT molecular complexity index is 827. The second-order valence-corrected chi connectivity index (χ2v) is 8.26. The third kappa shape index (κ3) is 4.30. The molecule has 0 radical (unpaired) electrons. The van der Waals surface area contributed by atoms with Gasteiger partial charge in [-0.3, -0.25) is 0 Å². The van der Waals surface area contributed by atoms with Crippen molar-refractivity contribution in [1.29, 1.82) is 0 Å². The molecular weight excluding hydrogens is 349 g/mol. The van der Waals surface area contributed by atoms with Gasteiger partial charge in [-0.05, 0) is 18.2 Å². The highest BCUT2D eigenvalue weighted by atomic mass is 32.2. The van der Waals surface area contributed by atoms with Crippen molar-refractivity contribution >= 4 is 33.9 Å². The van der Waals surface area contributed by atoms with Crippen LogP contribution in [0.15, 0.2) is 33.1 Å². The van der Waals surface area contributed by atoms with E-state index in [0.29, 0.717) is 28.3 Å². The van der Waals surface area contributed by atoms with Crippen LogP contribution in [-0.2, 0) is 11.2 Å². The molecule has 0 atom stereocenters. The first-order chi connectivity index (χ1) is 11.4. The van der Waals surface area contributed by atoms with Gasteiger partial charge in [0.05, 0.1) is 5.75 Å². The molecule has 2 heterocycles. The average Bonchev–Trinajstić information content (AvgIpc) is 3.13. The lowest BCUT2D eigenvalue weighted by molar-refractivity contribution is 0.373. The van der Waals surface area contributed by atoms with Crippen molar-refractivity contribution in [2.75, 3.05) is 5.32 Å². The molecule has 1 N–H and O–H groups in total. The summed E-state index contributed by atoms with van der Waals surface area (Å²) in [6, 6.07) is 6.20. The van der Waals surface area contributed by atoms with E-state index in [1.807, 2.05) is 20.8 Å². The maximum absolute atomic E-state index is 13.2. The summed E-state index contributed by atoms with van der Waals surface area (Å²) in [5.74, 6) is 1.46. The Morgan fingerprint density at radius 1 is 1.29 bits per heavy atom. The van der Waals surface area contributed by atoms with Crippen LogP contribution in [0.25, 0.3) is 0 Å². The van der Waals surface area contributed by atoms with Gasteiger partial charge in [0.15, 0.2) is 10.2 Å². The quantitative estimate of drug-likeness (QED) is 0.672. The minimum Gasteiger partial charge on any atom is -0.338 e. The van der Waals surface area contributed by atoms with E-state index in [1.165, 1.54) is 35.2 Å². The molecule has 0 bridgehead atoms. The predicted molar refractivity (Wildman–Crippen MR) is 92.2 cm³/mol. The highest BCUT2D eigenvalue weighted by Gasteiger charge is 2.21. The second-order valence-electron chi connectivity index (χ2n) is 6.06. The molecule has 0 aliphatic carbocycles. The Hall–Kier alpha value is -2.00. The van der Waals surface area contributed by atoms with Crippen LogP contribution in [0, 0.1) is 5.82 Å². The number of nitrogens with one attached hydrogen (secondary N) is 1. The maximum Gasteiger partial charge on any atom is 0.237 e. The maximum atomic E-state index is 13.2. The van der Waals surface area contributed by atoms with E-state index in [0.717, 1.165) is 4.34 Å². The Balaban J connectivity index is 1.59. The van der Waals surface area contributed by atoms with E-state index in [-0.39, 0.29) is 11.2 Å². The van der Waals surface area contributed by atoms with E-state index in [9.17, 15) is 4.39 Å². The van der Waals surface area contributed by atoms with Crippen LogP contribution in [0.5, 0.6) is 0 Å². The van der Waals surface area contributed by atoms with E-state index in [4.69, 9.17) is 4.52 Å². The van der Waals surface area contributed by atoms with Crippen LogP contribution < -0.4 is 5.32 Å². The number of hydrogen-bond acceptors (Lipinski definition) is 8. The minimum absolute atomic E-state index is 0.142. The first-order valence-electron chi connectivity index (χ1n) is 7.22. The molecule has 0 unspecified atom stereocenters. The molecule has 1 aromatic carbocycles. The predicted octanol–water partition coefficient (Wildman–Crippen LogP) is 4.39. The zero-order chi connectivity index (χ0) is 17.2. The number of aromatic nitrogens is 4. The summed E-state index contributed by atoms with van der Waals surface area (Å²) in [7, 11) is 0. The monoisotopic (exact) mass is 365 g/mol. The number of benzene rings is 1. The van der Waals surface area contributed by atoms with Crippen molar-refractivity contribution in [2.24, 2.45) is 0 Å². The lowest BCUT2D eigenvalue weighted by atomic mass is 9.96.